The zero-order valence-corrected chi connectivity index (χ0v) is 11.6. The van der Waals surface area contributed by atoms with Crippen LogP contribution >= 0.6 is 11.6 Å². The lowest BCUT2D eigenvalue weighted by Crippen LogP contribution is -2.29. The van der Waals surface area contributed by atoms with Gasteiger partial charge in [-0.2, -0.15) is 5.10 Å². The van der Waals surface area contributed by atoms with Gasteiger partial charge in [-0.25, -0.2) is 0 Å². The maximum atomic E-state index is 12.1. The molecule has 20 heavy (non-hydrogen) atoms. The number of halogens is 1. The second kappa shape index (κ2) is 4.76. The highest BCUT2D eigenvalue weighted by Gasteiger charge is 2.37. The fourth-order valence-corrected chi connectivity index (χ4v) is 2.58. The van der Waals surface area contributed by atoms with Gasteiger partial charge in [0.1, 0.15) is 0 Å². The zero-order chi connectivity index (χ0) is 14.3. The van der Waals surface area contributed by atoms with Gasteiger partial charge in [0.15, 0.2) is 0 Å². The Balaban J connectivity index is 1.98. The Labute approximate surface area is 120 Å². The smallest absolute Gasteiger partial charge is 0.299 e. The number of para-hydroxylation sites is 1. The number of fused-ring (bicyclic) bond motifs is 1. The summed E-state index contributed by atoms with van der Waals surface area (Å²) in [5.41, 5.74) is 1.72. The lowest BCUT2D eigenvalue weighted by Gasteiger charge is -2.16. The summed E-state index contributed by atoms with van der Waals surface area (Å²) in [6.45, 7) is 3.03. The summed E-state index contributed by atoms with van der Waals surface area (Å²) in [6, 6.07) is 4.97. The normalized spacial score (nSPS) is 14.0. The molecule has 1 aliphatic rings. The summed E-state index contributed by atoms with van der Waals surface area (Å²) in [4.78, 5) is 25.4. The van der Waals surface area contributed by atoms with Crippen LogP contribution in [0.4, 0.5) is 5.69 Å². The van der Waals surface area contributed by atoms with E-state index in [1.807, 2.05) is 13.1 Å². The van der Waals surface area contributed by atoms with Gasteiger partial charge in [0.05, 0.1) is 29.0 Å². The highest BCUT2D eigenvalue weighted by atomic mass is 35.5. The monoisotopic (exact) mass is 289 g/mol. The van der Waals surface area contributed by atoms with E-state index in [2.05, 4.69) is 5.10 Å². The summed E-state index contributed by atoms with van der Waals surface area (Å²) < 4.78 is 1.77. The number of hydrogen-bond donors (Lipinski definition) is 0. The van der Waals surface area contributed by atoms with Crippen LogP contribution in [0.3, 0.4) is 0 Å². The highest BCUT2D eigenvalue weighted by Crippen LogP contribution is 2.36. The standard InChI is InChI=1S/C14H12ClN3O2/c1-2-17-7-9(6-16-17)8-18-12-10(13(19)14(18)20)4-3-5-11(12)15/h3-7H,2,8H2,1H3. The predicted molar refractivity (Wildman–Crippen MR) is 74.9 cm³/mol. The lowest BCUT2D eigenvalue weighted by atomic mass is 10.1. The van der Waals surface area contributed by atoms with Crippen LogP contribution in [0.15, 0.2) is 30.6 Å². The van der Waals surface area contributed by atoms with Gasteiger partial charge in [-0.3, -0.25) is 19.2 Å². The third-order valence-corrected chi connectivity index (χ3v) is 3.60. The van der Waals surface area contributed by atoms with E-state index < -0.39 is 11.7 Å². The Morgan fingerprint density at radius 3 is 2.80 bits per heavy atom. The number of nitrogens with zero attached hydrogens (tertiary/aromatic N) is 3. The molecular weight excluding hydrogens is 278 g/mol. The molecule has 5 nitrogen and oxygen atoms in total. The topological polar surface area (TPSA) is 55.2 Å². The van der Waals surface area contributed by atoms with Gasteiger partial charge in [0, 0.05) is 18.3 Å². The van der Waals surface area contributed by atoms with Crippen LogP contribution < -0.4 is 4.90 Å². The summed E-state index contributed by atoms with van der Waals surface area (Å²) in [5, 5.41) is 4.57. The van der Waals surface area contributed by atoms with Crippen molar-refractivity contribution in [2.24, 2.45) is 0 Å². The molecule has 1 aliphatic heterocycles. The van der Waals surface area contributed by atoms with E-state index in [1.54, 1.807) is 29.1 Å². The zero-order valence-electron chi connectivity index (χ0n) is 10.8. The number of hydrogen-bond acceptors (Lipinski definition) is 3. The second-order valence-electron chi connectivity index (χ2n) is 4.56. The van der Waals surface area contributed by atoms with Gasteiger partial charge in [-0.1, -0.05) is 17.7 Å². The Kier molecular flexibility index (Phi) is 3.06. The summed E-state index contributed by atoms with van der Waals surface area (Å²) in [6.07, 6.45) is 3.54. The van der Waals surface area contributed by atoms with Gasteiger partial charge in [0.2, 0.25) is 0 Å². The molecule has 0 aliphatic carbocycles. The first-order valence-electron chi connectivity index (χ1n) is 6.28. The van der Waals surface area contributed by atoms with E-state index >= 15 is 0 Å². The molecule has 0 N–H and O–H groups in total. The Bertz CT molecular complexity index is 708. The molecule has 1 aromatic heterocycles. The second-order valence-corrected chi connectivity index (χ2v) is 4.97. The number of aromatic nitrogens is 2. The van der Waals surface area contributed by atoms with Crippen molar-refractivity contribution in [1.29, 1.82) is 0 Å². The van der Waals surface area contributed by atoms with Crippen molar-refractivity contribution >= 4 is 29.0 Å². The minimum Gasteiger partial charge on any atom is -0.299 e. The number of ketones is 1. The first kappa shape index (κ1) is 12.9. The number of benzene rings is 1. The van der Waals surface area contributed by atoms with Crippen molar-refractivity contribution in [2.45, 2.75) is 20.0 Å². The van der Waals surface area contributed by atoms with Gasteiger partial charge in [-0.15, -0.1) is 0 Å². The maximum absolute atomic E-state index is 12.1. The first-order chi connectivity index (χ1) is 9.61. The van der Waals surface area contributed by atoms with Crippen molar-refractivity contribution < 1.29 is 9.59 Å². The van der Waals surface area contributed by atoms with Crippen molar-refractivity contribution in [3.63, 3.8) is 0 Å². The fraction of sp³-hybridized carbons (Fsp3) is 0.214. The van der Waals surface area contributed by atoms with Crippen molar-refractivity contribution in [2.75, 3.05) is 4.90 Å². The average molecular weight is 290 g/mol. The maximum Gasteiger partial charge on any atom is 0.299 e. The number of anilines is 1. The molecule has 0 atom stereocenters. The number of Topliss-reactive ketones (excluding diaryl/α,β-unsaturated/α-hetero) is 1. The van der Waals surface area contributed by atoms with Crippen LogP contribution in [0, 0.1) is 0 Å². The SMILES string of the molecule is CCn1cc(CN2C(=O)C(=O)c3cccc(Cl)c32)cn1. The summed E-state index contributed by atoms with van der Waals surface area (Å²) >= 11 is 6.13. The molecule has 0 fully saturated rings. The van der Waals surface area contributed by atoms with E-state index in [9.17, 15) is 9.59 Å². The predicted octanol–water partition coefficient (Wildman–Crippen LogP) is 2.29. The average Bonchev–Trinajstić information content (AvgIpc) is 2.99. The van der Waals surface area contributed by atoms with Crippen LogP contribution in [0.2, 0.25) is 5.02 Å². The van der Waals surface area contributed by atoms with E-state index in [4.69, 9.17) is 11.6 Å². The molecule has 1 amide bonds. The molecule has 102 valence electrons. The molecule has 2 heterocycles. The molecule has 3 rings (SSSR count). The van der Waals surface area contributed by atoms with Crippen LogP contribution in [-0.4, -0.2) is 21.5 Å². The molecule has 0 unspecified atom stereocenters. The van der Waals surface area contributed by atoms with Gasteiger partial charge in [0.25, 0.3) is 11.7 Å². The summed E-state index contributed by atoms with van der Waals surface area (Å²) in [7, 11) is 0. The third kappa shape index (κ3) is 1.91. The number of carbonyl (C=O) groups is 2. The number of amides is 1. The fourth-order valence-electron chi connectivity index (χ4n) is 2.31. The van der Waals surface area contributed by atoms with Gasteiger partial charge in [-0.05, 0) is 19.1 Å². The molecule has 2 aromatic rings. The Morgan fingerprint density at radius 2 is 2.10 bits per heavy atom. The quantitative estimate of drug-likeness (QED) is 0.815. The van der Waals surface area contributed by atoms with Gasteiger partial charge < -0.3 is 0 Å². The largest absolute Gasteiger partial charge is 0.299 e. The first-order valence-corrected chi connectivity index (χ1v) is 6.65. The van der Waals surface area contributed by atoms with Gasteiger partial charge >= 0.3 is 0 Å². The Morgan fingerprint density at radius 1 is 1.30 bits per heavy atom. The lowest BCUT2D eigenvalue weighted by molar-refractivity contribution is -0.114. The van der Waals surface area contributed by atoms with E-state index in [0.717, 1.165) is 12.1 Å². The summed E-state index contributed by atoms with van der Waals surface area (Å²) in [5.74, 6) is -1.05. The molecular formula is C14H12ClN3O2. The minimum absolute atomic E-state index is 0.293. The van der Waals surface area contributed by atoms with Crippen LogP contribution in [-0.2, 0) is 17.9 Å². The van der Waals surface area contributed by atoms with Crippen LogP contribution in [0.5, 0.6) is 0 Å². The van der Waals surface area contributed by atoms with Crippen molar-refractivity contribution in [3.05, 3.63) is 46.7 Å². The van der Waals surface area contributed by atoms with Crippen LogP contribution in [0.1, 0.15) is 22.8 Å². The molecule has 1 aromatic carbocycles. The number of rotatable bonds is 3. The van der Waals surface area contributed by atoms with E-state index in [1.165, 1.54) is 4.90 Å². The molecule has 6 heteroatoms. The number of carbonyl (C=O) groups excluding carboxylic acids is 2. The molecule has 0 radical (unpaired) electrons. The highest BCUT2D eigenvalue weighted by molar-refractivity contribution is 6.54. The molecule has 0 saturated heterocycles. The van der Waals surface area contributed by atoms with E-state index in [-0.39, 0.29) is 0 Å². The molecule has 0 spiro atoms. The Hall–Kier alpha value is -2.14. The minimum atomic E-state index is -0.544. The van der Waals surface area contributed by atoms with Crippen LogP contribution in [0.25, 0.3) is 0 Å². The molecule has 0 saturated carbocycles. The van der Waals surface area contributed by atoms with Crippen molar-refractivity contribution in [3.8, 4) is 0 Å². The molecule has 0 bridgehead atoms. The third-order valence-electron chi connectivity index (χ3n) is 3.29. The van der Waals surface area contributed by atoms with Crippen molar-refractivity contribution in [1.82, 2.24) is 9.78 Å². The number of aryl methyl sites for hydroxylation is 1. The van der Waals surface area contributed by atoms with E-state index in [0.29, 0.717) is 22.8 Å².